The lowest BCUT2D eigenvalue weighted by atomic mass is 10.0. The van der Waals surface area contributed by atoms with Gasteiger partial charge in [-0.1, -0.05) is 6.07 Å². The number of hydrogen-bond acceptors (Lipinski definition) is 5. The normalized spacial score (nSPS) is 11.0. The number of thiazole rings is 1. The molecule has 0 fully saturated rings. The fourth-order valence-corrected chi connectivity index (χ4v) is 4.11. The fraction of sp³-hybridized carbons (Fsp3) is 0.200. The minimum absolute atomic E-state index is 0.00744. The van der Waals surface area contributed by atoms with Crippen molar-refractivity contribution >= 4 is 27.5 Å². The molecule has 0 radical (unpaired) electrons. The van der Waals surface area contributed by atoms with E-state index in [0.717, 1.165) is 37.5 Å². The second-order valence-corrected chi connectivity index (χ2v) is 7.34. The summed E-state index contributed by atoms with van der Waals surface area (Å²) < 4.78 is 2.85. The lowest BCUT2D eigenvalue weighted by Gasteiger charge is -2.05. The van der Waals surface area contributed by atoms with Gasteiger partial charge in [-0.25, -0.2) is 4.98 Å². The summed E-state index contributed by atoms with van der Waals surface area (Å²) in [5.74, 6) is -0.00744. The third-order valence-corrected chi connectivity index (χ3v) is 5.34. The highest BCUT2D eigenvalue weighted by molar-refractivity contribution is 7.19. The maximum absolute atomic E-state index is 12.0. The van der Waals surface area contributed by atoms with Crippen molar-refractivity contribution in [3.05, 3.63) is 54.1 Å². The second-order valence-electron chi connectivity index (χ2n) is 6.25. The Hall–Kier alpha value is -3.06. The Labute approximate surface area is 160 Å². The zero-order valence-electron chi connectivity index (χ0n) is 15.1. The van der Waals surface area contributed by atoms with E-state index < -0.39 is 0 Å². The van der Waals surface area contributed by atoms with Crippen LogP contribution in [0.2, 0.25) is 0 Å². The Kier molecular flexibility index (Phi) is 4.68. The molecule has 3 aromatic heterocycles. The number of rotatable bonds is 5. The van der Waals surface area contributed by atoms with Crippen LogP contribution in [-0.4, -0.2) is 32.2 Å². The van der Waals surface area contributed by atoms with E-state index in [9.17, 15) is 4.79 Å². The predicted molar refractivity (Wildman–Crippen MR) is 107 cm³/mol. The molecule has 4 aromatic rings. The highest BCUT2D eigenvalue weighted by atomic mass is 32.1. The number of nitrogens with one attached hydrogen (secondary N) is 1. The molecule has 0 aliphatic rings. The molecule has 1 aromatic carbocycles. The number of hydrogen-bond donors (Lipinski definition) is 1. The first-order valence-corrected chi connectivity index (χ1v) is 9.55. The van der Waals surface area contributed by atoms with E-state index in [1.807, 2.05) is 44.7 Å². The Bertz CT molecular complexity index is 1100. The van der Waals surface area contributed by atoms with Crippen molar-refractivity contribution in [3.63, 3.8) is 0 Å². The van der Waals surface area contributed by atoms with Gasteiger partial charge < -0.3 is 5.32 Å². The highest BCUT2D eigenvalue weighted by Gasteiger charge is 2.15. The van der Waals surface area contributed by atoms with Crippen LogP contribution in [0.3, 0.4) is 0 Å². The number of benzene rings is 1. The average Bonchev–Trinajstić information content (AvgIpc) is 3.27. The molecule has 3 heterocycles. The molecule has 6 nitrogen and oxygen atoms in total. The van der Waals surface area contributed by atoms with Crippen LogP contribution in [0, 0.1) is 0 Å². The minimum atomic E-state index is -0.00744. The maximum atomic E-state index is 12.0. The van der Waals surface area contributed by atoms with Crippen molar-refractivity contribution < 1.29 is 4.79 Å². The summed E-state index contributed by atoms with van der Waals surface area (Å²) >= 11 is 1.56. The molecule has 0 spiro atoms. The number of pyridine rings is 1. The Morgan fingerprint density at radius 3 is 2.81 bits per heavy atom. The van der Waals surface area contributed by atoms with Crippen molar-refractivity contribution in [2.75, 3.05) is 6.54 Å². The second kappa shape index (κ2) is 7.28. The Balaban J connectivity index is 1.86. The summed E-state index contributed by atoms with van der Waals surface area (Å²) in [6, 6.07) is 8.16. The molecule has 1 amide bonds. The molecule has 0 aliphatic heterocycles. The van der Waals surface area contributed by atoms with Gasteiger partial charge in [-0.15, -0.1) is 11.3 Å². The average molecular weight is 377 g/mol. The number of fused-ring (bicyclic) bond motifs is 1. The summed E-state index contributed by atoms with van der Waals surface area (Å²) in [6.07, 6.45) is 7.74. The number of carbonyl (C=O) groups is 1. The molecule has 0 saturated heterocycles. The SMILES string of the molecule is CCNC(=O)Cc1nc2cc(-c3cccnc3)cc(-c3cnn(C)c3)c2s1. The zero-order valence-corrected chi connectivity index (χ0v) is 16.0. The number of aryl methyl sites for hydroxylation is 1. The van der Waals surface area contributed by atoms with Crippen molar-refractivity contribution in [2.24, 2.45) is 7.05 Å². The summed E-state index contributed by atoms with van der Waals surface area (Å²) in [4.78, 5) is 20.9. The van der Waals surface area contributed by atoms with Crippen molar-refractivity contribution in [1.29, 1.82) is 0 Å². The van der Waals surface area contributed by atoms with E-state index in [4.69, 9.17) is 4.98 Å². The topological polar surface area (TPSA) is 72.7 Å². The number of aromatic nitrogens is 4. The van der Waals surface area contributed by atoms with E-state index >= 15 is 0 Å². The lowest BCUT2D eigenvalue weighted by Crippen LogP contribution is -2.24. The first kappa shape index (κ1) is 17.4. The van der Waals surface area contributed by atoms with Crippen molar-refractivity contribution in [1.82, 2.24) is 25.1 Å². The van der Waals surface area contributed by atoms with E-state index in [1.54, 1.807) is 22.2 Å². The third-order valence-electron chi connectivity index (χ3n) is 4.23. The standard InChI is InChI=1S/C20H19N5OS/c1-3-22-18(26)9-19-24-17-8-14(13-5-4-6-21-10-13)7-16(20(17)27-19)15-11-23-25(2)12-15/h4-8,10-12H,3,9H2,1-2H3,(H,22,26). The zero-order chi connectivity index (χ0) is 18.8. The van der Waals surface area contributed by atoms with Crippen molar-refractivity contribution in [2.45, 2.75) is 13.3 Å². The van der Waals surface area contributed by atoms with E-state index in [0.29, 0.717) is 13.0 Å². The molecule has 0 unspecified atom stereocenters. The largest absolute Gasteiger partial charge is 0.356 e. The van der Waals surface area contributed by atoms with Gasteiger partial charge >= 0.3 is 0 Å². The molecule has 1 N–H and O–H groups in total. The summed E-state index contributed by atoms with van der Waals surface area (Å²) in [5, 5.41) is 7.95. The van der Waals surface area contributed by atoms with Gasteiger partial charge in [0.25, 0.3) is 0 Å². The van der Waals surface area contributed by atoms with E-state index in [2.05, 4.69) is 27.5 Å². The van der Waals surface area contributed by atoms with Gasteiger partial charge in [0.1, 0.15) is 5.01 Å². The van der Waals surface area contributed by atoms with Crippen LogP contribution in [0.1, 0.15) is 11.9 Å². The number of likely N-dealkylation sites (N-methyl/N-ethyl adjacent to an activating group) is 1. The molecule has 27 heavy (non-hydrogen) atoms. The molecule has 0 bridgehead atoms. The number of carbonyl (C=O) groups excluding carboxylic acids is 1. The monoisotopic (exact) mass is 377 g/mol. The van der Waals surface area contributed by atoms with Crippen LogP contribution in [0.5, 0.6) is 0 Å². The van der Waals surface area contributed by atoms with Crippen LogP contribution < -0.4 is 5.32 Å². The molecular formula is C20H19N5OS. The van der Waals surface area contributed by atoms with Gasteiger partial charge in [-0.2, -0.15) is 5.10 Å². The van der Waals surface area contributed by atoms with Crippen LogP contribution in [0.25, 0.3) is 32.5 Å². The fourth-order valence-electron chi connectivity index (χ4n) is 3.03. The Morgan fingerprint density at radius 2 is 2.11 bits per heavy atom. The molecule has 0 saturated carbocycles. The molecular weight excluding hydrogens is 358 g/mol. The molecule has 4 rings (SSSR count). The summed E-state index contributed by atoms with van der Waals surface area (Å²) in [7, 11) is 1.90. The van der Waals surface area contributed by atoms with Gasteiger partial charge in [0.05, 0.1) is 22.8 Å². The maximum Gasteiger partial charge on any atom is 0.226 e. The highest BCUT2D eigenvalue weighted by Crippen LogP contribution is 2.37. The van der Waals surface area contributed by atoms with Crippen molar-refractivity contribution in [3.8, 4) is 22.3 Å². The van der Waals surface area contributed by atoms with Crippen LogP contribution in [-0.2, 0) is 18.3 Å². The number of amides is 1. The van der Waals surface area contributed by atoms with E-state index in [-0.39, 0.29) is 5.91 Å². The summed E-state index contributed by atoms with van der Waals surface area (Å²) in [5.41, 5.74) is 5.06. The molecule has 7 heteroatoms. The van der Waals surface area contributed by atoms with Gasteiger partial charge in [-0.05, 0) is 30.7 Å². The molecule has 0 aliphatic carbocycles. The third kappa shape index (κ3) is 3.59. The van der Waals surface area contributed by atoms with Gasteiger partial charge in [0, 0.05) is 48.9 Å². The minimum Gasteiger partial charge on any atom is -0.356 e. The Morgan fingerprint density at radius 1 is 1.22 bits per heavy atom. The van der Waals surface area contributed by atoms with Gasteiger partial charge in [0.2, 0.25) is 5.91 Å². The van der Waals surface area contributed by atoms with Gasteiger partial charge in [-0.3, -0.25) is 14.5 Å². The quantitative estimate of drug-likeness (QED) is 0.578. The first-order chi connectivity index (χ1) is 13.1. The molecule has 0 atom stereocenters. The molecule has 136 valence electrons. The first-order valence-electron chi connectivity index (χ1n) is 8.73. The summed E-state index contributed by atoms with van der Waals surface area (Å²) in [6.45, 7) is 2.53. The smallest absolute Gasteiger partial charge is 0.226 e. The predicted octanol–water partition coefficient (Wildman–Crippen LogP) is 3.44. The van der Waals surface area contributed by atoms with Crippen LogP contribution >= 0.6 is 11.3 Å². The van der Waals surface area contributed by atoms with Gasteiger partial charge in [0.15, 0.2) is 0 Å². The van der Waals surface area contributed by atoms with E-state index in [1.165, 1.54) is 0 Å². The van der Waals surface area contributed by atoms with Crippen LogP contribution in [0.4, 0.5) is 0 Å². The number of nitrogens with zero attached hydrogens (tertiary/aromatic N) is 4. The van der Waals surface area contributed by atoms with Crippen LogP contribution in [0.15, 0.2) is 49.1 Å². The lowest BCUT2D eigenvalue weighted by molar-refractivity contribution is -0.120.